The predicted octanol–water partition coefficient (Wildman–Crippen LogP) is 2.51. The molecule has 0 amide bonds. The molecule has 7 nitrogen and oxygen atoms in total. The number of nitrogens with zero attached hydrogens (tertiary/aromatic N) is 7. The average Bonchev–Trinajstić information content (AvgIpc) is 3.17. The lowest BCUT2D eigenvalue weighted by Gasteiger charge is -2.34. The summed E-state index contributed by atoms with van der Waals surface area (Å²) in [6.45, 7) is 4.61. The van der Waals surface area contributed by atoms with Crippen molar-refractivity contribution in [2.75, 3.05) is 31.1 Å². The maximum atomic E-state index is 4.75. The van der Waals surface area contributed by atoms with Crippen LogP contribution >= 0.6 is 0 Å². The van der Waals surface area contributed by atoms with Crippen molar-refractivity contribution in [3.05, 3.63) is 73.1 Å². The first kappa shape index (κ1) is 16.8. The van der Waals surface area contributed by atoms with Gasteiger partial charge in [0.2, 0.25) is 5.95 Å². The fourth-order valence-electron chi connectivity index (χ4n) is 3.57. The molecule has 0 aliphatic carbocycles. The lowest BCUT2D eigenvalue weighted by Crippen LogP contribution is -2.46. The van der Waals surface area contributed by atoms with Crippen LogP contribution in [0.3, 0.4) is 0 Å². The topological polar surface area (TPSA) is 62.5 Å². The van der Waals surface area contributed by atoms with E-state index in [4.69, 9.17) is 9.97 Å². The predicted molar refractivity (Wildman–Crippen MR) is 108 cm³/mol. The molecule has 4 aromatic heterocycles. The normalized spacial score (nSPS) is 15.2. The zero-order chi connectivity index (χ0) is 18.8. The van der Waals surface area contributed by atoms with Gasteiger partial charge >= 0.3 is 0 Å². The van der Waals surface area contributed by atoms with Crippen LogP contribution in [0.25, 0.3) is 16.9 Å². The first-order valence-corrected chi connectivity index (χ1v) is 9.48. The first-order valence-electron chi connectivity index (χ1n) is 9.48. The number of fused-ring (bicyclic) bond motifs is 1. The molecule has 0 spiro atoms. The van der Waals surface area contributed by atoms with Crippen molar-refractivity contribution >= 4 is 11.6 Å². The highest BCUT2D eigenvalue weighted by molar-refractivity contribution is 5.58. The summed E-state index contributed by atoms with van der Waals surface area (Å²) in [6.07, 6.45) is 9.58. The molecule has 1 aliphatic heterocycles. The van der Waals surface area contributed by atoms with Crippen LogP contribution in [0.5, 0.6) is 0 Å². The van der Waals surface area contributed by atoms with Crippen molar-refractivity contribution in [1.82, 2.24) is 29.2 Å². The van der Waals surface area contributed by atoms with E-state index in [1.165, 1.54) is 0 Å². The van der Waals surface area contributed by atoms with E-state index in [1.54, 1.807) is 6.20 Å². The molecule has 7 heteroatoms. The second-order valence-corrected chi connectivity index (χ2v) is 6.95. The third-order valence-electron chi connectivity index (χ3n) is 5.05. The molecule has 1 fully saturated rings. The van der Waals surface area contributed by atoms with Gasteiger partial charge in [0.25, 0.3) is 0 Å². The van der Waals surface area contributed by atoms with E-state index in [-0.39, 0.29) is 0 Å². The second-order valence-electron chi connectivity index (χ2n) is 6.95. The zero-order valence-corrected chi connectivity index (χ0v) is 15.5. The standard InChI is InChI=1S/C21H21N7/c1-2-9-28-16-18(24-20(28)5-1)15-26-10-12-27(13-11-26)21-23-8-6-19(25-21)17-4-3-7-22-14-17/h1-9,14,16H,10-13,15H2. The second kappa shape index (κ2) is 7.36. The Morgan fingerprint density at radius 2 is 1.82 bits per heavy atom. The molecule has 5 heterocycles. The van der Waals surface area contributed by atoms with Gasteiger partial charge in [0, 0.05) is 69.3 Å². The van der Waals surface area contributed by atoms with Crippen LogP contribution < -0.4 is 4.90 Å². The molecule has 0 bridgehead atoms. The van der Waals surface area contributed by atoms with Crippen LogP contribution in [0.4, 0.5) is 5.95 Å². The first-order chi connectivity index (χ1) is 13.8. The summed E-state index contributed by atoms with van der Waals surface area (Å²) in [5.41, 5.74) is 4.02. The summed E-state index contributed by atoms with van der Waals surface area (Å²) in [5.74, 6) is 0.786. The molecule has 0 unspecified atom stereocenters. The Balaban J connectivity index is 1.24. The number of hydrogen-bond acceptors (Lipinski definition) is 6. The molecule has 1 aliphatic rings. The fourth-order valence-corrected chi connectivity index (χ4v) is 3.57. The Labute approximate surface area is 163 Å². The van der Waals surface area contributed by atoms with Crippen LogP contribution in [-0.2, 0) is 6.54 Å². The fraction of sp³-hybridized carbons (Fsp3) is 0.238. The lowest BCUT2D eigenvalue weighted by molar-refractivity contribution is 0.246. The van der Waals surface area contributed by atoms with Gasteiger partial charge in [-0.15, -0.1) is 0 Å². The van der Waals surface area contributed by atoms with Gasteiger partial charge in [0.05, 0.1) is 11.4 Å². The number of pyridine rings is 2. The van der Waals surface area contributed by atoms with Gasteiger partial charge in [-0.3, -0.25) is 9.88 Å². The highest BCUT2D eigenvalue weighted by Crippen LogP contribution is 2.19. The minimum absolute atomic E-state index is 0.786. The van der Waals surface area contributed by atoms with E-state index in [0.717, 1.165) is 61.3 Å². The van der Waals surface area contributed by atoms with Crippen LogP contribution in [0.15, 0.2) is 67.4 Å². The van der Waals surface area contributed by atoms with Crippen molar-refractivity contribution in [1.29, 1.82) is 0 Å². The molecule has 5 rings (SSSR count). The van der Waals surface area contributed by atoms with Crippen molar-refractivity contribution in [2.45, 2.75) is 6.54 Å². The Hall–Kier alpha value is -3.32. The number of piperazine rings is 1. The Bertz CT molecular complexity index is 1040. The van der Waals surface area contributed by atoms with Gasteiger partial charge in [-0.05, 0) is 30.3 Å². The summed E-state index contributed by atoms with van der Waals surface area (Å²) in [5, 5.41) is 0. The maximum absolute atomic E-state index is 4.75. The summed E-state index contributed by atoms with van der Waals surface area (Å²) in [7, 11) is 0. The summed E-state index contributed by atoms with van der Waals surface area (Å²) >= 11 is 0. The number of aromatic nitrogens is 5. The molecular weight excluding hydrogens is 350 g/mol. The molecule has 0 radical (unpaired) electrons. The van der Waals surface area contributed by atoms with E-state index >= 15 is 0 Å². The Morgan fingerprint density at radius 3 is 2.64 bits per heavy atom. The smallest absolute Gasteiger partial charge is 0.225 e. The molecule has 140 valence electrons. The van der Waals surface area contributed by atoms with E-state index in [0.29, 0.717) is 0 Å². The lowest BCUT2D eigenvalue weighted by atomic mass is 10.2. The van der Waals surface area contributed by atoms with E-state index in [9.17, 15) is 0 Å². The molecule has 1 saturated heterocycles. The summed E-state index contributed by atoms with van der Waals surface area (Å²) in [4.78, 5) is 22.8. The third kappa shape index (κ3) is 3.44. The molecule has 28 heavy (non-hydrogen) atoms. The van der Waals surface area contributed by atoms with Gasteiger partial charge < -0.3 is 9.30 Å². The number of imidazole rings is 1. The van der Waals surface area contributed by atoms with Crippen molar-refractivity contribution in [3.8, 4) is 11.3 Å². The third-order valence-corrected chi connectivity index (χ3v) is 5.05. The minimum atomic E-state index is 0.786. The van der Waals surface area contributed by atoms with Gasteiger partial charge in [-0.25, -0.2) is 15.0 Å². The van der Waals surface area contributed by atoms with Crippen LogP contribution in [0.2, 0.25) is 0 Å². The largest absolute Gasteiger partial charge is 0.338 e. The van der Waals surface area contributed by atoms with Gasteiger partial charge in [0.15, 0.2) is 0 Å². The van der Waals surface area contributed by atoms with Gasteiger partial charge in [-0.2, -0.15) is 0 Å². The van der Waals surface area contributed by atoms with Crippen LogP contribution in [0.1, 0.15) is 5.69 Å². The average molecular weight is 371 g/mol. The molecule has 4 aromatic rings. The molecule has 0 saturated carbocycles. The van der Waals surface area contributed by atoms with Crippen molar-refractivity contribution in [2.24, 2.45) is 0 Å². The highest BCUT2D eigenvalue weighted by Gasteiger charge is 2.20. The molecule has 0 aromatic carbocycles. The number of rotatable bonds is 4. The molecule has 0 atom stereocenters. The van der Waals surface area contributed by atoms with E-state index in [2.05, 4.69) is 30.4 Å². The quantitative estimate of drug-likeness (QED) is 0.549. The molecule has 0 N–H and O–H groups in total. The Morgan fingerprint density at radius 1 is 0.893 bits per heavy atom. The number of anilines is 1. The SMILES string of the molecule is c1cncc(-c2ccnc(N3CCN(Cc4cn5ccccc5n4)CC3)n2)c1. The summed E-state index contributed by atoms with van der Waals surface area (Å²) in [6, 6.07) is 12.0. The molecular formula is C21H21N7. The van der Waals surface area contributed by atoms with Gasteiger partial charge in [-0.1, -0.05) is 6.07 Å². The van der Waals surface area contributed by atoms with Crippen molar-refractivity contribution in [3.63, 3.8) is 0 Å². The maximum Gasteiger partial charge on any atom is 0.225 e. The number of hydrogen-bond donors (Lipinski definition) is 0. The van der Waals surface area contributed by atoms with Crippen LogP contribution in [0, 0.1) is 0 Å². The summed E-state index contributed by atoms with van der Waals surface area (Å²) < 4.78 is 2.07. The van der Waals surface area contributed by atoms with Crippen LogP contribution in [-0.4, -0.2) is 55.4 Å². The van der Waals surface area contributed by atoms with E-state index < -0.39 is 0 Å². The van der Waals surface area contributed by atoms with E-state index in [1.807, 2.05) is 55.0 Å². The zero-order valence-electron chi connectivity index (χ0n) is 15.5. The van der Waals surface area contributed by atoms with Crippen molar-refractivity contribution < 1.29 is 0 Å². The van der Waals surface area contributed by atoms with Gasteiger partial charge in [0.1, 0.15) is 5.65 Å². The monoisotopic (exact) mass is 371 g/mol. The minimum Gasteiger partial charge on any atom is -0.338 e. The Kier molecular flexibility index (Phi) is 4.42. The highest BCUT2D eigenvalue weighted by atomic mass is 15.3.